The predicted octanol–water partition coefficient (Wildman–Crippen LogP) is 4.30. The van der Waals surface area contributed by atoms with Crippen LogP contribution in [0, 0.1) is 0 Å². The maximum absolute atomic E-state index is 12.6. The first kappa shape index (κ1) is 27.7. The molecule has 0 aliphatic rings. The van der Waals surface area contributed by atoms with Gasteiger partial charge in [-0.15, -0.1) is 10.2 Å². The molecule has 196 valence electrons. The number of carbonyl (C=O) groups is 3. The van der Waals surface area contributed by atoms with E-state index in [1.54, 1.807) is 0 Å². The number of methoxy groups -OCH3 is 2. The molecule has 3 rings (SSSR count). The molecule has 10 nitrogen and oxygen atoms in total. The zero-order valence-corrected chi connectivity index (χ0v) is 22.3. The van der Waals surface area contributed by atoms with Crippen LogP contribution < -0.4 is 10.1 Å². The number of hydrogen-bond donors (Lipinski definition) is 1. The van der Waals surface area contributed by atoms with Gasteiger partial charge in [-0.25, -0.2) is 9.59 Å². The third-order valence-electron chi connectivity index (χ3n) is 5.42. The summed E-state index contributed by atoms with van der Waals surface area (Å²) < 4.78 is 17.2. The van der Waals surface area contributed by atoms with Gasteiger partial charge in [-0.3, -0.25) is 4.79 Å². The van der Waals surface area contributed by atoms with Crippen molar-refractivity contribution in [2.24, 2.45) is 0 Å². The van der Waals surface area contributed by atoms with E-state index in [-0.39, 0.29) is 35.1 Å². The largest absolute Gasteiger partial charge is 0.486 e. The highest BCUT2D eigenvalue weighted by molar-refractivity contribution is 7.99. The van der Waals surface area contributed by atoms with Gasteiger partial charge in [0.05, 0.1) is 31.1 Å². The number of nitrogens with one attached hydrogen (secondary N) is 1. The fraction of sp³-hybridized carbons (Fsp3) is 0.346. The van der Waals surface area contributed by atoms with Gasteiger partial charge in [0.25, 0.3) is 0 Å². The van der Waals surface area contributed by atoms with E-state index in [9.17, 15) is 14.4 Å². The van der Waals surface area contributed by atoms with E-state index in [2.05, 4.69) is 29.4 Å². The monoisotopic (exact) mass is 526 g/mol. The molecule has 3 aromatic rings. The summed E-state index contributed by atoms with van der Waals surface area (Å²) in [6, 6.07) is 12.1. The molecule has 0 spiro atoms. The van der Waals surface area contributed by atoms with E-state index in [0.717, 1.165) is 5.75 Å². The lowest BCUT2D eigenvalue weighted by molar-refractivity contribution is -0.113. The molecule has 0 unspecified atom stereocenters. The van der Waals surface area contributed by atoms with E-state index in [1.807, 2.05) is 35.8 Å². The van der Waals surface area contributed by atoms with Crippen molar-refractivity contribution in [1.29, 1.82) is 0 Å². The van der Waals surface area contributed by atoms with Gasteiger partial charge in [0.2, 0.25) is 5.91 Å². The molecule has 1 heterocycles. The number of anilines is 1. The summed E-state index contributed by atoms with van der Waals surface area (Å²) in [6.45, 7) is 7.08. The van der Waals surface area contributed by atoms with Gasteiger partial charge in [0, 0.05) is 12.2 Å². The number of benzene rings is 2. The number of thioether (sulfide) groups is 1. The van der Waals surface area contributed by atoms with Gasteiger partial charge >= 0.3 is 11.9 Å². The van der Waals surface area contributed by atoms with Crippen LogP contribution in [0.15, 0.2) is 47.6 Å². The van der Waals surface area contributed by atoms with E-state index < -0.39 is 11.9 Å². The highest BCUT2D eigenvalue weighted by Crippen LogP contribution is 2.22. The Bertz CT molecular complexity index is 1220. The van der Waals surface area contributed by atoms with E-state index in [4.69, 9.17) is 14.2 Å². The molecule has 1 aromatic heterocycles. The molecular formula is C26H30N4O6S. The quantitative estimate of drug-likeness (QED) is 0.288. The van der Waals surface area contributed by atoms with E-state index in [1.165, 1.54) is 49.7 Å². The standard InChI is InChI=1S/C26H30N4O6S/c1-6-30-22(14-36-21-9-7-17(8-10-21)16(2)3)28-29-26(30)37-15-23(31)27-20-12-18(24(32)34-4)11-19(13-20)25(33)35-5/h7-13,16H,6,14-15H2,1-5H3,(H,27,31). The van der Waals surface area contributed by atoms with Crippen LogP contribution in [-0.4, -0.2) is 52.6 Å². The molecule has 2 aromatic carbocycles. The number of aromatic nitrogens is 3. The molecule has 1 amide bonds. The highest BCUT2D eigenvalue weighted by atomic mass is 32.2. The number of carbonyl (C=O) groups excluding carboxylic acids is 3. The number of ether oxygens (including phenoxy) is 3. The first-order valence-corrected chi connectivity index (χ1v) is 12.6. The molecular weight excluding hydrogens is 496 g/mol. The summed E-state index contributed by atoms with van der Waals surface area (Å²) in [5.74, 6) is 0.230. The summed E-state index contributed by atoms with van der Waals surface area (Å²) in [5, 5.41) is 11.7. The second-order valence-electron chi connectivity index (χ2n) is 8.27. The van der Waals surface area contributed by atoms with Gasteiger partial charge in [-0.2, -0.15) is 0 Å². The SMILES string of the molecule is CCn1c(COc2ccc(C(C)C)cc2)nnc1SCC(=O)Nc1cc(C(=O)OC)cc(C(=O)OC)c1. The Hall–Kier alpha value is -3.86. The van der Waals surface area contributed by atoms with Gasteiger partial charge < -0.3 is 24.1 Å². The van der Waals surface area contributed by atoms with E-state index >= 15 is 0 Å². The Kier molecular flexibility index (Phi) is 9.67. The van der Waals surface area contributed by atoms with Crippen molar-refractivity contribution in [1.82, 2.24) is 14.8 Å². The van der Waals surface area contributed by atoms with Crippen LogP contribution >= 0.6 is 11.8 Å². The summed E-state index contributed by atoms with van der Waals surface area (Å²) in [7, 11) is 2.46. The topological polar surface area (TPSA) is 122 Å². The minimum atomic E-state index is -0.641. The van der Waals surface area contributed by atoms with Crippen LogP contribution in [-0.2, 0) is 27.4 Å². The number of nitrogens with zero attached hydrogens (tertiary/aromatic N) is 3. The van der Waals surface area contributed by atoms with Crippen LogP contribution in [0.25, 0.3) is 0 Å². The maximum Gasteiger partial charge on any atom is 0.337 e. The smallest absolute Gasteiger partial charge is 0.337 e. The molecule has 0 aliphatic carbocycles. The van der Waals surface area contributed by atoms with Crippen LogP contribution in [0.5, 0.6) is 5.75 Å². The van der Waals surface area contributed by atoms with Crippen molar-refractivity contribution >= 4 is 35.3 Å². The Morgan fingerprint density at radius 3 is 2.14 bits per heavy atom. The van der Waals surface area contributed by atoms with Gasteiger partial charge in [-0.05, 0) is 48.7 Å². The fourth-order valence-electron chi connectivity index (χ4n) is 3.45. The Morgan fingerprint density at radius 2 is 1.59 bits per heavy atom. The lowest BCUT2D eigenvalue weighted by Crippen LogP contribution is -2.16. The van der Waals surface area contributed by atoms with E-state index in [0.29, 0.717) is 23.4 Å². The summed E-state index contributed by atoms with van der Waals surface area (Å²) in [4.78, 5) is 36.6. The normalized spacial score (nSPS) is 10.8. The molecule has 0 atom stereocenters. The summed E-state index contributed by atoms with van der Waals surface area (Å²) in [5.41, 5.74) is 1.73. The molecule has 0 bridgehead atoms. The number of rotatable bonds is 11. The zero-order valence-electron chi connectivity index (χ0n) is 21.4. The average Bonchev–Trinajstić information content (AvgIpc) is 3.31. The predicted molar refractivity (Wildman–Crippen MR) is 139 cm³/mol. The highest BCUT2D eigenvalue weighted by Gasteiger charge is 2.17. The molecule has 0 saturated heterocycles. The van der Waals surface area contributed by atoms with Gasteiger partial charge in [0.15, 0.2) is 11.0 Å². The molecule has 11 heteroatoms. The van der Waals surface area contributed by atoms with Crippen molar-refractivity contribution in [3.63, 3.8) is 0 Å². The first-order chi connectivity index (χ1) is 17.7. The third kappa shape index (κ3) is 7.32. The number of hydrogen-bond acceptors (Lipinski definition) is 9. The van der Waals surface area contributed by atoms with Crippen LogP contribution in [0.4, 0.5) is 5.69 Å². The van der Waals surface area contributed by atoms with Gasteiger partial charge in [-0.1, -0.05) is 37.7 Å². The minimum Gasteiger partial charge on any atom is -0.486 e. The summed E-state index contributed by atoms with van der Waals surface area (Å²) >= 11 is 1.22. The molecule has 0 fully saturated rings. The lowest BCUT2D eigenvalue weighted by atomic mass is 10.0. The first-order valence-electron chi connectivity index (χ1n) is 11.6. The Morgan fingerprint density at radius 1 is 0.973 bits per heavy atom. The maximum atomic E-state index is 12.6. The van der Waals surface area contributed by atoms with Crippen LogP contribution in [0.2, 0.25) is 0 Å². The molecule has 0 aliphatic heterocycles. The minimum absolute atomic E-state index is 0.0334. The molecule has 37 heavy (non-hydrogen) atoms. The van der Waals surface area contributed by atoms with Crippen molar-refractivity contribution < 1.29 is 28.6 Å². The Balaban J connectivity index is 1.63. The third-order valence-corrected chi connectivity index (χ3v) is 6.38. The van der Waals surface area contributed by atoms with Crippen LogP contribution in [0.1, 0.15) is 58.8 Å². The molecule has 0 radical (unpaired) electrons. The second-order valence-corrected chi connectivity index (χ2v) is 9.22. The molecule has 0 saturated carbocycles. The molecule has 1 N–H and O–H groups in total. The lowest BCUT2D eigenvalue weighted by Gasteiger charge is -2.11. The second kappa shape index (κ2) is 12.9. The van der Waals surface area contributed by atoms with Crippen molar-refractivity contribution in [2.45, 2.75) is 45.0 Å². The van der Waals surface area contributed by atoms with Crippen molar-refractivity contribution in [3.8, 4) is 5.75 Å². The Labute approximate surface area is 219 Å². The average molecular weight is 527 g/mol. The fourth-order valence-corrected chi connectivity index (χ4v) is 4.27. The van der Waals surface area contributed by atoms with Crippen molar-refractivity contribution in [2.75, 3.05) is 25.3 Å². The number of esters is 2. The summed E-state index contributed by atoms with van der Waals surface area (Å²) in [6.07, 6.45) is 0. The van der Waals surface area contributed by atoms with Gasteiger partial charge in [0.1, 0.15) is 12.4 Å². The zero-order chi connectivity index (χ0) is 26.9. The van der Waals surface area contributed by atoms with Crippen LogP contribution in [0.3, 0.4) is 0 Å². The number of amides is 1. The van der Waals surface area contributed by atoms with Crippen molar-refractivity contribution in [3.05, 3.63) is 65.0 Å².